The van der Waals surface area contributed by atoms with Crippen molar-refractivity contribution in [1.82, 2.24) is 9.88 Å². The van der Waals surface area contributed by atoms with Crippen LogP contribution in [-0.2, 0) is 16.1 Å². The van der Waals surface area contributed by atoms with Crippen molar-refractivity contribution in [3.8, 4) is 6.07 Å². The first kappa shape index (κ1) is 19.1. The molecule has 0 saturated carbocycles. The van der Waals surface area contributed by atoms with Crippen LogP contribution in [0.1, 0.15) is 5.56 Å². The van der Waals surface area contributed by atoms with E-state index in [0.717, 1.165) is 15.4 Å². The number of benzene rings is 2. The van der Waals surface area contributed by atoms with Crippen LogP contribution in [0.2, 0.25) is 0 Å². The number of amides is 2. The fourth-order valence-electron chi connectivity index (χ4n) is 3.26. The Morgan fingerprint density at radius 1 is 1.17 bits per heavy atom. The largest absolute Gasteiger partial charge is 0.333 e. The number of hydrogen-bond donors (Lipinski definition) is 1. The average Bonchev–Trinajstić information content (AvgIpc) is 3.03. The molecule has 1 fully saturated rings. The third kappa shape index (κ3) is 3.46. The van der Waals surface area contributed by atoms with Gasteiger partial charge in [-0.25, -0.2) is 0 Å². The molecular formula is C21H13BrN4O2S. The van der Waals surface area contributed by atoms with Crippen LogP contribution < -0.4 is 10.2 Å². The Hall–Kier alpha value is -3.28. The van der Waals surface area contributed by atoms with Gasteiger partial charge in [-0.1, -0.05) is 40.2 Å². The van der Waals surface area contributed by atoms with Gasteiger partial charge in [-0.05, 0) is 42.6 Å². The summed E-state index contributed by atoms with van der Waals surface area (Å²) in [6.45, 7) is 0.165. The van der Waals surface area contributed by atoms with Gasteiger partial charge in [0.25, 0.3) is 11.8 Å². The Bertz CT molecular complexity index is 1260. The van der Waals surface area contributed by atoms with Gasteiger partial charge in [0.05, 0.1) is 11.8 Å². The van der Waals surface area contributed by atoms with Gasteiger partial charge >= 0.3 is 0 Å². The van der Waals surface area contributed by atoms with Gasteiger partial charge in [0.15, 0.2) is 5.11 Å². The lowest BCUT2D eigenvalue weighted by Crippen LogP contribution is -2.54. The third-order valence-electron chi connectivity index (χ3n) is 4.53. The summed E-state index contributed by atoms with van der Waals surface area (Å²) in [4.78, 5) is 27.0. The number of thiocarbonyl (C=S) groups is 1. The maximum absolute atomic E-state index is 13.2. The van der Waals surface area contributed by atoms with Crippen LogP contribution in [0.3, 0.4) is 0 Å². The van der Waals surface area contributed by atoms with E-state index in [-0.39, 0.29) is 17.2 Å². The Labute approximate surface area is 180 Å². The van der Waals surface area contributed by atoms with Crippen LogP contribution in [0.4, 0.5) is 5.69 Å². The van der Waals surface area contributed by atoms with Gasteiger partial charge in [0.1, 0.15) is 12.1 Å². The quantitative estimate of drug-likeness (QED) is 0.363. The maximum atomic E-state index is 13.2. The number of carbonyl (C=O) groups is 2. The summed E-state index contributed by atoms with van der Waals surface area (Å²) in [7, 11) is 0. The van der Waals surface area contributed by atoms with Gasteiger partial charge in [-0.2, -0.15) is 5.26 Å². The van der Waals surface area contributed by atoms with E-state index in [1.165, 1.54) is 4.90 Å². The molecule has 2 heterocycles. The zero-order chi connectivity index (χ0) is 20.5. The lowest BCUT2D eigenvalue weighted by molar-refractivity contribution is -0.122. The number of nitrogens with one attached hydrogen (secondary N) is 1. The van der Waals surface area contributed by atoms with Crippen molar-refractivity contribution in [3.63, 3.8) is 0 Å². The number of halogens is 1. The summed E-state index contributed by atoms with van der Waals surface area (Å²) < 4.78 is 2.57. The number of nitriles is 1. The summed E-state index contributed by atoms with van der Waals surface area (Å²) in [5, 5.41) is 12.5. The van der Waals surface area contributed by atoms with Crippen LogP contribution >= 0.6 is 28.1 Å². The van der Waals surface area contributed by atoms with E-state index in [1.807, 2.05) is 30.3 Å². The first-order valence-electron chi connectivity index (χ1n) is 8.61. The monoisotopic (exact) mass is 464 g/mol. The number of hydrogen-bond acceptors (Lipinski definition) is 4. The van der Waals surface area contributed by atoms with E-state index < -0.39 is 11.8 Å². The normalized spacial score (nSPS) is 15.7. The summed E-state index contributed by atoms with van der Waals surface area (Å²) >= 11 is 8.61. The number of rotatable bonds is 3. The molecule has 1 aromatic heterocycles. The molecule has 142 valence electrons. The van der Waals surface area contributed by atoms with Gasteiger partial charge in [0.2, 0.25) is 0 Å². The van der Waals surface area contributed by atoms with E-state index in [9.17, 15) is 9.59 Å². The Morgan fingerprint density at radius 2 is 1.97 bits per heavy atom. The molecule has 4 rings (SSSR count). The van der Waals surface area contributed by atoms with Gasteiger partial charge < -0.3 is 4.57 Å². The zero-order valence-electron chi connectivity index (χ0n) is 14.9. The number of nitrogens with zero attached hydrogens (tertiary/aromatic N) is 3. The van der Waals surface area contributed by atoms with Crippen molar-refractivity contribution in [1.29, 1.82) is 5.26 Å². The van der Waals surface area contributed by atoms with Crippen molar-refractivity contribution in [3.05, 3.63) is 70.3 Å². The highest BCUT2D eigenvalue weighted by Gasteiger charge is 2.34. The lowest BCUT2D eigenvalue weighted by atomic mass is 10.1. The number of para-hydroxylation sites is 1. The fraction of sp³-hybridized carbons (Fsp3) is 0.0476. The van der Waals surface area contributed by atoms with E-state index in [4.69, 9.17) is 17.5 Å². The second-order valence-corrected chi connectivity index (χ2v) is 7.63. The molecule has 6 nitrogen and oxygen atoms in total. The summed E-state index contributed by atoms with van der Waals surface area (Å²) in [5.74, 6) is -1.06. The second kappa shape index (κ2) is 7.62. The number of carbonyl (C=O) groups excluding carboxylic acids is 2. The van der Waals surface area contributed by atoms with Gasteiger partial charge in [0, 0.05) is 27.1 Å². The standard InChI is InChI=1S/C21H13BrN4O2S/c22-14-4-3-5-15(11-14)26-20(28)17(19(27)24-21(26)29)10-13-12-25(9-8-23)18-7-2-1-6-16(13)18/h1-7,10-12H,9H2,(H,24,27,29). The number of anilines is 1. The molecule has 1 N–H and O–H groups in total. The predicted molar refractivity (Wildman–Crippen MR) is 118 cm³/mol. The third-order valence-corrected chi connectivity index (χ3v) is 5.31. The first-order valence-corrected chi connectivity index (χ1v) is 9.81. The first-order chi connectivity index (χ1) is 14.0. The Morgan fingerprint density at radius 3 is 2.72 bits per heavy atom. The summed E-state index contributed by atoms with van der Waals surface area (Å²) in [5.41, 5.74) is 2.05. The van der Waals surface area contributed by atoms with Gasteiger partial charge in [-0.3, -0.25) is 19.8 Å². The highest BCUT2D eigenvalue weighted by molar-refractivity contribution is 9.10. The number of aromatic nitrogens is 1. The van der Waals surface area contributed by atoms with Crippen molar-refractivity contribution >= 4 is 67.7 Å². The van der Waals surface area contributed by atoms with Crippen LogP contribution in [0.5, 0.6) is 0 Å². The van der Waals surface area contributed by atoms with Crippen molar-refractivity contribution in [2.24, 2.45) is 0 Å². The van der Waals surface area contributed by atoms with Crippen LogP contribution in [0.25, 0.3) is 17.0 Å². The molecule has 0 aliphatic carbocycles. The van der Waals surface area contributed by atoms with Crippen molar-refractivity contribution in [2.45, 2.75) is 6.54 Å². The molecule has 2 aromatic carbocycles. The fourth-order valence-corrected chi connectivity index (χ4v) is 3.93. The van der Waals surface area contributed by atoms with Crippen molar-refractivity contribution < 1.29 is 9.59 Å². The average molecular weight is 465 g/mol. The Balaban J connectivity index is 1.82. The molecule has 0 radical (unpaired) electrons. The molecular weight excluding hydrogens is 452 g/mol. The van der Waals surface area contributed by atoms with Crippen molar-refractivity contribution in [2.75, 3.05) is 4.90 Å². The maximum Gasteiger partial charge on any atom is 0.270 e. The van der Waals surface area contributed by atoms with E-state index in [1.54, 1.807) is 35.0 Å². The molecule has 29 heavy (non-hydrogen) atoms. The minimum absolute atomic E-state index is 0.0292. The summed E-state index contributed by atoms with van der Waals surface area (Å²) in [6, 6.07) is 16.7. The van der Waals surface area contributed by atoms with Gasteiger partial charge in [-0.15, -0.1) is 0 Å². The van der Waals surface area contributed by atoms with E-state index in [2.05, 4.69) is 27.3 Å². The highest BCUT2D eigenvalue weighted by Crippen LogP contribution is 2.27. The molecule has 3 aromatic rings. The molecule has 0 atom stereocenters. The zero-order valence-corrected chi connectivity index (χ0v) is 17.3. The van der Waals surface area contributed by atoms with Crippen LogP contribution in [0.15, 0.2) is 64.8 Å². The second-order valence-electron chi connectivity index (χ2n) is 6.33. The molecule has 1 saturated heterocycles. The molecule has 1 aliphatic rings. The molecule has 8 heteroatoms. The minimum Gasteiger partial charge on any atom is -0.333 e. The van der Waals surface area contributed by atoms with E-state index in [0.29, 0.717) is 11.3 Å². The molecule has 1 aliphatic heterocycles. The lowest BCUT2D eigenvalue weighted by Gasteiger charge is -2.29. The predicted octanol–water partition coefficient (Wildman–Crippen LogP) is 3.76. The molecule has 0 unspecified atom stereocenters. The SMILES string of the molecule is N#CCn1cc(C=C2C(=O)NC(=S)N(c3cccc(Br)c3)C2=O)c2ccccc21. The topological polar surface area (TPSA) is 78.1 Å². The highest BCUT2D eigenvalue weighted by atomic mass is 79.9. The van der Waals surface area contributed by atoms with E-state index >= 15 is 0 Å². The molecule has 0 bridgehead atoms. The minimum atomic E-state index is -0.552. The number of fused-ring (bicyclic) bond motifs is 1. The smallest absolute Gasteiger partial charge is 0.270 e. The molecule has 2 amide bonds. The Kier molecular flexibility index (Phi) is 5.01. The molecule has 0 spiro atoms. The van der Waals surface area contributed by atoms with Crippen LogP contribution in [-0.4, -0.2) is 21.5 Å². The summed E-state index contributed by atoms with van der Waals surface area (Å²) in [6.07, 6.45) is 3.30. The van der Waals surface area contributed by atoms with Crippen LogP contribution in [0, 0.1) is 11.3 Å².